The number of Topliss-reactive ketones (excluding diaryl/α,β-unsaturated/α-hetero) is 1. The average Bonchev–Trinajstić information content (AvgIpc) is 1.67. The van der Waals surface area contributed by atoms with Crippen LogP contribution in [-0.4, -0.2) is 20.3 Å². The van der Waals surface area contributed by atoms with Gasteiger partial charge in [0.25, 0.3) is 0 Å². The van der Waals surface area contributed by atoms with Gasteiger partial charge in [0.2, 0.25) is 0 Å². The molecule has 0 bridgehead atoms. The number of hydrogen-bond acceptors (Lipinski definition) is 2. The summed E-state index contributed by atoms with van der Waals surface area (Å²) in [4.78, 5) is 18.9. The maximum atomic E-state index is 10.5. The van der Waals surface area contributed by atoms with Crippen LogP contribution in [0.5, 0.6) is 0 Å². The summed E-state index contributed by atoms with van der Waals surface area (Å²) in [5, 5.41) is 0. The largest absolute Gasteiger partial charge is 0.438 e. The summed E-state index contributed by atoms with van der Waals surface area (Å²) in [7, 11) is -1.09. The van der Waals surface area contributed by atoms with Crippen molar-refractivity contribution in [3.63, 3.8) is 0 Å². The quantitative estimate of drug-likeness (QED) is 0.418. The molecule has 0 amide bonds. The van der Waals surface area contributed by atoms with Gasteiger partial charge in [-0.1, -0.05) is 6.58 Å². The Morgan fingerprint density at radius 2 is 2.38 bits per heavy atom. The fourth-order valence-electron chi connectivity index (χ4n) is 0.315. The van der Waals surface area contributed by atoms with Crippen LogP contribution >= 0.6 is 0 Å². The van der Waals surface area contributed by atoms with Gasteiger partial charge < -0.3 is 4.80 Å². The highest BCUT2D eigenvalue weighted by Crippen LogP contribution is 1.92. The Bertz CT molecular complexity index is 109. The topological polar surface area (TPSA) is 37.3 Å². The summed E-state index contributed by atoms with van der Waals surface area (Å²) in [5.74, 6) is -0.000772. The first-order chi connectivity index (χ1) is 3.68. The second-order valence-electron chi connectivity index (χ2n) is 1.68. The molecule has 0 atom stereocenters. The highest BCUT2D eigenvalue weighted by Gasteiger charge is 1.98. The molecule has 8 heavy (non-hydrogen) atoms. The Morgan fingerprint density at radius 3 is 2.50 bits per heavy atom. The zero-order valence-corrected chi connectivity index (χ0v) is 6.39. The van der Waals surface area contributed by atoms with E-state index in [1.54, 1.807) is 6.92 Å². The molecule has 0 aliphatic rings. The highest BCUT2D eigenvalue weighted by atomic mass is 28.2. The predicted molar refractivity (Wildman–Crippen MR) is 35.4 cm³/mol. The fraction of sp³-hybridized carbons (Fsp3) is 0.400. The van der Waals surface area contributed by atoms with Crippen molar-refractivity contribution >= 4 is 15.5 Å². The van der Waals surface area contributed by atoms with Gasteiger partial charge in [-0.3, -0.25) is 4.79 Å². The minimum Gasteiger partial charge on any atom is -0.438 e. The molecule has 0 aliphatic heterocycles. The molecule has 0 aromatic heterocycles. The van der Waals surface area contributed by atoms with Crippen molar-refractivity contribution in [3.8, 4) is 0 Å². The lowest BCUT2D eigenvalue weighted by Gasteiger charge is -1.91. The van der Waals surface area contributed by atoms with Gasteiger partial charge in [-0.25, -0.2) is 0 Å². The molecular formula is C5H10O2Si. The monoisotopic (exact) mass is 130 g/mol. The van der Waals surface area contributed by atoms with Gasteiger partial charge in [-0.05, 0) is 12.5 Å². The third kappa shape index (κ3) is 2.71. The first kappa shape index (κ1) is 7.59. The van der Waals surface area contributed by atoms with Crippen LogP contribution in [0.3, 0.4) is 0 Å². The van der Waals surface area contributed by atoms with Crippen molar-refractivity contribution in [2.75, 3.05) is 0 Å². The summed E-state index contributed by atoms with van der Waals surface area (Å²) in [6.07, 6.45) is 0. The van der Waals surface area contributed by atoms with Gasteiger partial charge in [0.15, 0.2) is 15.5 Å². The van der Waals surface area contributed by atoms with Crippen LogP contribution in [0.15, 0.2) is 12.2 Å². The van der Waals surface area contributed by atoms with E-state index in [2.05, 4.69) is 6.58 Å². The van der Waals surface area contributed by atoms with Crippen LogP contribution in [0.2, 0.25) is 6.04 Å². The van der Waals surface area contributed by atoms with Gasteiger partial charge in [-0.15, -0.1) is 0 Å². The first-order valence-corrected chi connectivity index (χ1v) is 4.11. The van der Waals surface area contributed by atoms with E-state index in [0.29, 0.717) is 11.6 Å². The molecule has 0 saturated heterocycles. The van der Waals surface area contributed by atoms with E-state index in [0.717, 1.165) is 0 Å². The molecule has 1 N–H and O–H groups in total. The molecular weight excluding hydrogens is 120 g/mol. The number of allylic oxidation sites excluding steroid dienone is 1. The zero-order chi connectivity index (χ0) is 6.57. The molecule has 0 heterocycles. The van der Waals surface area contributed by atoms with Crippen LogP contribution in [0, 0.1) is 0 Å². The Hall–Kier alpha value is -0.413. The lowest BCUT2D eigenvalue weighted by Crippen LogP contribution is -2.01. The molecule has 3 heteroatoms. The maximum absolute atomic E-state index is 10.5. The number of carbonyl (C=O) groups excluding carboxylic acids is 1. The average molecular weight is 130 g/mol. The van der Waals surface area contributed by atoms with E-state index < -0.39 is 9.76 Å². The molecule has 0 rings (SSSR count). The molecule has 0 fully saturated rings. The standard InChI is InChI=1S/C5H10O2Si/c1-4(2)5(6)3-8-7/h7H,1,3,8H2,2H3. The van der Waals surface area contributed by atoms with Crippen LogP contribution < -0.4 is 0 Å². The van der Waals surface area contributed by atoms with Crippen molar-refractivity contribution < 1.29 is 9.59 Å². The number of ketones is 1. The van der Waals surface area contributed by atoms with E-state index in [1.807, 2.05) is 0 Å². The third-order valence-corrected chi connectivity index (χ3v) is 1.49. The summed E-state index contributed by atoms with van der Waals surface area (Å²) >= 11 is 0. The van der Waals surface area contributed by atoms with Crippen LogP contribution in [0.4, 0.5) is 0 Å². The molecule has 0 aliphatic carbocycles. The van der Waals surface area contributed by atoms with Crippen LogP contribution in [0.25, 0.3) is 0 Å². The van der Waals surface area contributed by atoms with E-state index in [4.69, 9.17) is 4.80 Å². The number of rotatable bonds is 3. The summed E-state index contributed by atoms with van der Waals surface area (Å²) in [6.45, 7) is 5.09. The minimum atomic E-state index is -1.09. The van der Waals surface area contributed by atoms with Crippen molar-refractivity contribution in [3.05, 3.63) is 12.2 Å². The molecule has 0 aromatic rings. The number of carbonyl (C=O) groups is 1. The van der Waals surface area contributed by atoms with Gasteiger partial charge in [0.1, 0.15) is 0 Å². The minimum absolute atomic E-state index is 0.000772. The summed E-state index contributed by atoms with van der Waals surface area (Å²) < 4.78 is 0. The molecule has 0 aromatic carbocycles. The summed E-state index contributed by atoms with van der Waals surface area (Å²) in [5.41, 5.74) is 0.548. The number of hydrogen-bond donors (Lipinski definition) is 1. The van der Waals surface area contributed by atoms with Gasteiger partial charge in [0.05, 0.1) is 0 Å². The van der Waals surface area contributed by atoms with Crippen LogP contribution in [0.1, 0.15) is 6.92 Å². The van der Waals surface area contributed by atoms with Crippen LogP contribution in [-0.2, 0) is 4.79 Å². The van der Waals surface area contributed by atoms with Crippen molar-refractivity contribution in [1.29, 1.82) is 0 Å². The van der Waals surface area contributed by atoms with Crippen molar-refractivity contribution in [2.45, 2.75) is 13.0 Å². The maximum Gasteiger partial charge on any atom is 0.164 e. The lowest BCUT2D eigenvalue weighted by molar-refractivity contribution is -0.113. The molecule has 46 valence electrons. The van der Waals surface area contributed by atoms with Gasteiger partial charge >= 0.3 is 0 Å². The van der Waals surface area contributed by atoms with E-state index in [1.165, 1.54) is 0 Å². The second-order valence-corrected chi connectivity index (χ2v) is 2.62. The zero-order valence-electron chi connectivity index (χ0n) is 4.98. The van der Waals surface area contributed by atoms with E-state index in [9.17, 15) is 4.79 Å². The molecule has 0 saturated carbocycles. The van der Waals surface area contributed by atoms with Crippen molar-refractivity contribution in [2.24, 2.45) is 0 Å². The smallest absolute Gasteiger partial charge is 0.164 e. The van der Waals surface area contributed by atoms with E-state index >= 15 is 0 Å². The van der Waals surface area contributed by atoms with Crippen molar-refractivity contribution in [1.82, 2.24) is 0 Å². The first-order valence-electron chi connectivity index (χ1n) is 2.48. The SMILES string of the molecule is C=C(C)C(=O)C[SiH2]O. The normalized spacial score (nSPS) is 10.2. The predicted octanol–water partition coefficient (Wildman–Crippen LogP) is -0.374. The Balaban J connectivity index is 3.49. The van der Waals surface area contributed by atoms with E-state index in [-0.39, 0.29) is 5.78 Å². The Morgan fingerprint density at radius 1 is 1.88 bits per heavy atom. The Kier molecular flexibility index (Phi) is 3.39. The molecule has 0 spiro atoms. The second kappa shape index (κ2) is 3.57. The molecule has 0 radical (unpaired) electrons. The fourth-order valence-corrected chi connectivity index (χ4v) is 0.945. The molecule has 0 unspecified atom stereocenters. The lowest BCUT2D eigenvalue weighted by atomic mass is 10.2. The highest BCUT2D eigenvalue weighted by molar-refractivity contribution is 6.34. The Labute approximate surface area is 51.2 Å². The third-order valence-electron chi connectivity index (χ3n) is 0.815. The summed E-state index contributed by atoms with van der Waals surface area (Å²) in [6, 6.07) is 0.343. The molecule has 2 nitrogen and oxygen atoms in total. The van der Waals surface area contributed by atoms with Gasteiger partial charge in [0, 0.05) is 6.04 Å². The van der Waals surface area contributed by atoms with Gasteiger partial charge in [-0.2, -0.15) is 0 Å².